The van der Waals surface area contributed by atoms with Gasteiger partial charge in [0.2, 0.25) is 6.23 Å². The zero-order chi connectivity index (χ0) is 22.2. The summed E-state index contributed by atoms with van der Waals surface area (Å²) in [4.78, 5) is 0. The van der Waals surface area contributed by atoms with Crippen molar-refractivity contribution < 1.29 is 24.1 Å². The van der Waals surface area contributed by atoms with Crippen LogP contribution in [0.4, 0.5) is 0 Å². The molecule has 0 aliphatic carbocycles. The summed E-state index contributed by atoms with van der Waals surface area (Å²) in [6, 6.07) is 18.8. The van der Waals surface area contributed by atoms with E-state index in [0.29, 0.717) is 29.4 Å². The summed E-state index contributed by atoms with van der Waals surface area (Å²) >= 11 is 0. The lowest BCUT2D eigenvalue weighted by atomic mass is 9.95. The predicted molar refractivity (Wildman–Crippen MR) is 120 cm³/mol. The Bertz CT molecular complexity index is 1190. The smallest absolute Gasteiger partial charge is 0.214 e. The summed E-state index contributed by atoms with van der Waals surface area (Å²) in [5.41, 5.74) is 3.39. The van der Waals surface area contributed by atoms with Crippen LogP contribution in [0.2, 0.25) is 0 Å². The SMILES string of the molecule is COc1ccc([C@@H]2Oc3c(OC)cccc3[C@@H]3CC(c4ccccc4O)=NN32)cc1OC. The third-order valence-electron chi connectivity index (χ3n) is 5.91. The minimum absolute atomic E-state index is 0.0680. The molecule has 32 heavy (non-hydrogen) atoms. The fraction of sp³-hybridized carbons (Fsp3) is 0.240. The molecule has 0 amide bonds. The van der Waals surface area contributed by atoms with Crippen molar-refractivity contribution in [3.05, 3.63) is 77.4 Å². The second kappa shape index (κ2) is 8.00. The summed E-state index contributed by atoms with van der Waals surface area (Å²) in [6.07, 6.45) is 0.122. The number of hydrazone groups is 1. The molecular formula is C25H24N2O5. The zero-order valence-corrected chi connectivity index (χ0v) is 18.1. The van der Waals surface area contributed by atoms with Crippen LogP contribution in [-0.4, -0.2) is 37.2 Å². The molecule has 0 spiro atoms. The van der Waals surface area contributed by atoms with Crippen LogP contribution in [0, 0.1) is 0 Å². The maximum absolute atomic E-state index is 10.4. The van der Waals surface area contributed by atoms with Crippen molar-refractivity contribution in [3.63, 3.8) is 0 Å². The first kappa shape index (κ1) is 20.1. The molecule has 2 heterocycles. The number of benzene rings is 3. The van der Waals surface area contributed by atoms with Gasteiger partial charge in [-0.25, -0.2) is 5.01 Å². The van der Waals surface area contributed by atoms with E-state index in [-0.39, 0.29) is 11.8 Å². The van der Waals surface area contributed by atoms with Gasteiger partial charge in [-0.05, 0) is 36.4 Å². The van der Waals surface area contributed by atoms with E-state index in [9.17, 15) is 5.11 Å². The summed E-state index contributed by atoms with van der Waals surface area (Å²) < 4.78 is 23.0. The molecule has 0 aromatic heterocycles. The third-order valence-corrected chi connectivity index (χ3v) is 5.91. The van der Waals surface area contributed by atoms with Crippen molar-refractivity contribution in [1.29, 1.82) is 0 Å². The van der Waals surface area contributed by atoms with E-state index >= 15 is 0 Å². The van der Waals surface area contributed by atoms with Gasteiger partial charge in [0, 0.05) is 23.1 Å². The Labute approximate surface area is 186 Å². The molecule has 7 nitrogen and oxygen atoms in total. The van der Waals surface area contributed by atoms with Crippen LogP contribution < -0.4 is 18.9 Å². The number of phenols is 1. The van der Waals surface area contributed by atoms with Gasteiger partial charge >= 0.3 is 0 Å². The standard InChI is InChI=1S/C25H24N2O5/c1-29-21-12-11-15(13-23(21)31-3)25-27-19(17-8-6-10-22(30-2)24(17)32-25)14-18(26-27)16-7-4-5-9-20(16)28/h4-13,19,25,28H,14H2,1-3H3/t19-,25-/m0/s1. The first-order valence-corrected chi connectivity index (χ1v) is 10.3. The Morgan fingerprint density at radius 3 is 2.44 bits per heavy atom. The summed E-state index contributed by atoms with van der Waals surface area (Å²) in [5, 5.41) is 17.3. The van der Waals surface area contributed by atoms with E-state index < -0.39 is 6.23 Å². The number of hydrogen-bond acceptors (Lipinski definition) is 7. The van der Waals surface area contributed by atoms with Gasteiger partial charge in [-0.2, -0.15) is 5.10 Å². The van der Waals surface area contributed by atoms with Crippen LogP contribution in [0.3, 0.4) is 0 Å². The normalized spacial score (nSPS) is 18.8. The van der Waals surface area contributed by atoms with Crippen molar-refractivity contribution in [2.24, 2.45) is 5.10 Å². The summed E-state index contributed by atoms with van der Waals surface area (Å²) in [6.45, 7) is 0. The number of nitrogens with zero attached hydrogens (tertiary/aromatic N) is 2. The maximum atomic E-state index is 10.4. The van der Waals surface area contributed by atoms with Gasteiger partial charge < -0.3 is 24.1 Å². The molecule has 0 saturated heterocycles. The van der Waals surface area contributed by atoms with Crippen LogP contribution in [0.15, 0.2) is 65.8 Å². The largest absolute Gasteiger partial charge is 0.507 e. The number of rotatable bonds is 5. The Hall–Kier alpha value is -3.87. The Morgan fingerprint density at radius 2 is 1.69 bits per heavy atom. The predicted octanol–water partition coefficient (Wildman–Crippen LogP) is 4.66. The molecule has 2 atom stereocenters. The van der Waals surface area contributed by atoms with Crippen LogP contribution in [0.1, 0.15) is 35.4 Å². The molecule has 0 unspecified atom stereocenters. The molecule has 0 radical (unpaired) electrons. The van der Waals surface area contributed by atoms with Crippen molar-refractivity contribution >= 4 is 5.71 Å². The molecule has 3 aromatic rings. The quantitative estimate of drug-likeness (QED) is 0.632. The highest BCUT2D eigenvalue weighted by molar-refractivity contribution is 6.04. The molecule has 164 valence electrons. The molecule has 2 aliphatic rings. The van der Waals surface area contributed by atoms with E-state index in [1.165, 1.54) is 0 Å². The highest BCUT2D eigenvalue weighted by Gasteiger charge is 2.42. The first-order valence-electron chi connectivity index (χ1n) is 10.3. The van der Waals surface area contributed by atoms with E-state index in [1.807, 2.05) is 53.5 Å². The average Bonchev–Trinajstić information content (AvgIpc) is 3.28. The molecule has 5 rings (SSSR count). The van der Waals surface area contributed by atoms with Gasteiger partial charge in [-0.15, -0.1) is 0 Å². The highest BCUT2D eigenvalue weighted by Crippen LogP contribution is 2.51. The van der Waals surface area contributed by atoms with Crippen LogP contribution >= 0.6 is 0 Å². The fourth-order valence-electron chi connectivity index (χ4n) is 4.35. The van der Waals surface area contributed by atoms with Crippen molar-refractivity contribution in [2.75, 3.05) is 21.3 Å². The second-order valence-corrected chi connectivity index (χ2v) is 7.63. The third kappa shape index (κ3) is 3.17. The van der Waals surface area contributed by atoms with Crippen LogP contribution in [0.5, 0.6) is 28.7 Å². The van der Waals surface area contributed by atoms with Crippen LogP contribution in [0.25, 0.3) is 0 Å². The molecule has 0 saturated carbocycles. The van der Waals surface area contributed by atoms with Gasteiger partial charge in [-0.3, -0.25) is 0 Å². The van der Waals surface area contributed by atoms with Gasteiger partial charge in [0.25, 0.3) is 0 Å². The molecule has 7 heteroatoms. The lowest BCUT2D eigenvalue weighted by Crippen LogP contribution is -2.33. The maximum Gasteiger partial charge on any atom is 0.214 e. The number of ether oxygens (including phenoxy) is 4. The van der Waals surface area contributed by atoms with Crippen molar-refractivity contribution in [3.8, 4) is 28.7 Å². The Balaban J connectivity index is 1.64. The minimum atomic E-state index is -0.507. The van der Waals surface area contributed by atoms with E-state index in [4.69, 9.17) is 24.0 Å². The van der Waals surface area contributed by atoms with Gasteiger partial charge in [0.1, 0.15) is 5.75 Å². The number of aromatic hydroxyl groups is 1. The zero-order valence-electron chi connectivity index (χ0n) is 18.1. The van der Waals surface area contributed by atoms with E-state index in [1.54, 1.807) is 33.5 Å². The molecule has 3 aromatic carbocycles. The molecule has 0 bridgehead atoms. The minimum Gasteiger partial charge on any atom is -0.507 e. The van der Waals surface area contributed by atoms with Gasteiger partial charge in [0.05, 0.1) is 33.1 Å². The highest BCUT2D eigenvalue weighted by atomic mass is 16.5. The monoisotopic (exact) mass is 432 g/mol. The van der Waals surface area contributed by atoms with Crippen LogP contribution in [-0.2, 0) is 0 Å². The number of fused-ring (bicyclic) bond motifs is 3. The molecule has 2 aliphatic heterocycles. The Morgan fingerprint density at radius 1 is 0.906 bits per heavy atom. The molecule has 0 fully saturated rings. The molecular weight excluding hydrogens is 408 g/mol. The van der Waals surface area contributed by atoms with Crippen molar-refractivity contribution in [1.82, 2.24) is 5.01 Å². The number of para-hydroxylation sites is 2. The second-order valence-electron chi connectivity index (χ2n) is 7.63. The lowest BCUT2D eigenvalue weighted by Gasteiger charge is -2.38. The van der Waals surface area contributed by atoms with E-state index in [2.05, 4.69) is 0 Å². The number of methoxy groups -OCH3 is 3. The van der Waals surface area contributed by atoms with Gasteiger partial charge in [-0.1, -0.05) is 24.3 Å². The first-order chi connectivity index (χ1) is 15.6. The average molecular weight is 432 g/mol. The van der Waals surface area contributed by atoms with Crippen molar-refractivity contribution in [2.45, 2.75) is 18.7 Å². The fourth-order valence-corrected chi connectivity index (χ4v) is 4.35. The summed E-state index contributed by atoms with van der Waals surface area (Å²) in [7, 11) is 4.85. The summed E-state index contributed by atoms with van der Waals surface area (Å²) in [5.74, 6) is 2.83. The number of phenolic OH excluding ortho intramolecular Hbond substituents is 1. The topological polar surface area (TPSA) is 72.8 Å². The number of hydrogen-bond donors (Lipinski definition) is 1. The lowest BCUT2D eigenvalue weighted by molar-refractivity contribution is -0.0210. The van der Waals surface area contributed by atoms with E-state index in [0.717, 1.165) is 22.4 Å². The van der Waals surface area contributed by atoms with Gasteiger partial charge in [0.15, 0.2) is 23.0 Å². The molecule has 1 N–H and O–H groups in total. The Kier molecular flexibility index (Phi) is 5.01.